The van der Waals surface area contributed by atoms with Crippen LogP contribution in [0, 0.1) is 5.82 Å². The maximum atomic E-state index is 13.8. The standard InChI is InChI=1S/C16H17FN6O/c17-13-6-3-4-7-14(13)22-10-12(18-20-22)11-23-16(24)21-9-5-1-2-8-15(21)19-23/h3-4,6-7,10H,1-2,5,8-9,11H2. The summed E-state index contributed by atoms with van der Waals surface area (Å²) >= 11 is 0. The second-order valence-electron chi connectivity index (χ2n) is 5.92. The quantitative estimate of drug-likeness (QED) is 0.731. The number of rotatable bonds is 3. The van der Waals surface area contributed by atoms with Gasteiger partial charge in [0.1, 0.15) is 23.0 Å². The molecule has 7 nitrogen and oxygen atoms in total. The predicted octanol–water partition coefficient (Wildman–Crippen LogP) is 1.54. The van der Waals surface area contributed by atoms with Crippen molar-refractivity contribution in [3.63, 3.8) is 0 Å². The van der Waals surface area contributed by atoms with Crippen LogP contribution in [0.3, 0.4) is 0 Å². The second kappa shape index (κ2) is 6.03. The Bertz CT molecular complexity index is 925. The minimum Gasteiger partial charge on any atom is -0.279 e. The van der Waals surface area contributed by atoms with E-state index in [4.69, 9.17) is 0 Å². The van der Waals surface area contributed by atoms with Gasteiger partial charge in [-0.1, -0.05) is 23.8 Å². The van der Waals surface area contributed by atoms with Gasteiger partial charge in [-0.25, -0.2) is 18.5 Å². The van der Waals surface area contributed by atoms with Crippen molar-refractivity contribution in [2.75, 3.05) is 0 Å². The molecule has 1 aliphatic heterocycles. The van der Waals surface area contributed by atoms with Gasteiger partial charge in [0.25, 0.3) is 0 Å². The van der Waals surface area contributed by atoms with E-state index in [2.05, 4.69) is 15.4 Å². The molecule has 0 N–H and O–H groups in total. The summed E-state index contributed by atoms with van der Waals surface area (Å²) in [6.45, 7) is 0.948. The Morgan fingerprint density at radius 3 is 2.92 bits per heavy atom. The molecular weight excluding hydrogens is 311 g/mol. The number of benzene rings is 1. The lowest BCUT2D eigenvalue weighted by atomic mass is 10.2. The molecule has 3 heterocycles. The van der Waals surface area contributed by atoms with E-state index in [0.29, 0.717) is 11.4 Å². The number of hydrogen-bond acceptors (Lipinski definition) is 4. The third-order valence-corrected chi connectivity index (χ3v) is 4.23. The molecule has 0 spiro atoms. The molecule has 0 saturated heterocycles. The number of nitrogens with zero attached hydrogens (tertiary/aromatic N) is 6. The van der Waals surface area contributed by atoms with E-state index in [1.165, 1.54) is 15.4 Å². The fourth-order valence-electron chi connectivity index (χ4n) is 3.01. The van der Waals surface area contributed by atoms with Crippen LogP contribution in [-0.4, -0.2) is 29.3 Å². The lowest BCUT2D eigenvalue weighted by Crippen LogP contribution is -2.25. The highest BCUT2D eigenvalue weighted by Gasteiger charge is 2.16. The Balaban J connectivity index is 1.61. The van der Waals surface area contributed by atoms with E-state index in [0.717, 1.165) is 38.1 Å². The van der Waals surface area contributed by atoms with E-state index in [9.17, 15) is 9.18 Å². The number of aryl methyl sites for hydroxylation is 1. The van der Waals surface area contributed by atoms with Crippen LogP contribution in [0.5, 0.6) is 0 Å². The summed E-state index contributed by atoms with van der Waals surface area (Å²) in [5.41, 5.74) is 0.769. The Hall–Kier alpha value is -2.77. The molecule has 0 radical (unpaired) electrons. The molecule has 1 aromatic carbocycles. The van der Waals surface area contributed by atoms with Crippen LogP contribution in [0.15, 0.2) is 35.3 Å². The summed E-state index contributed by atoms with van der Waals surface area (Å²) in [6, 6.07) is 6.34. The van der Waals surface area contributed by atoms with E-state index in [-0.39, 0.29) is 18.1 Å². The van der Waals surface area contributed by atoms with Crippen molar-refractivity contribution in [1.29, 1.82) is 0 Å². The Morgan fingerprint density at radius 2 is 2.04 bits per heavy atom. The Morgan fingerprint density at radius 1 is 1.17 bits per heavy atom. The van der Waals surface area contributed by atoms with Gasteiger partial charge in [0, 0.05) is 13.0 Å². The van der Waals surface area contributed by atoms with Crippen molar-refractivity contribution in [3.8, 4) is 5.69 Å². The van der Waals surface area contributed by atoms with Crippen LogP contribution in [0.25, 0.3) is 5.69 Å². The molecule has 2 aromatic heterocycles. The molecule has 124 valence electrons. The van der Waals surface area contributed by atoms with Gasteiger partial charge < -0.3 is 0 Å². The van der Waals surface area contributed by atoms with Crippen LogP contribution in [-0.2, 0) is 19.5 Å². The fourth-order valence-corrected chi connectivity index (χ4v) is 3.01. The summed E-state index contributed by atoms with van der Waals surface area (Å²) in [7, 11) is 0. The molecular formula is C16H17FN6O. The van der Waals surface area contributed by atoms with Gasteiger partial charge in [-0.2, -0.15) is 5.10 Å². The molecule has 4 rings (SSSR count). The third-order valence-electron chi connectivity index (χ3n) is 4.23. The average molecular weight is 328 g/mol. The van der Waals surface area contributed by atoms with Crippen LogP contribution >= 0.6 is 0 Å². The monoisotopic (exact) mass is 328 g/mol. The van der Waals surface area contributed by atoms with E-state index < -0.39 is 0 Å². The number of hydrogen-bond donors (Lipinski definition) is 0. The minimum absolute atomic E-state index is 0.118. The van der Waals surface area contributed by atoms with Crippen molar-refractivity contribution in [1.82, 2.24) is 29.3 Å². The highest BCUT2D eigenvalue weighted by molar-refractivity contribution is 5.32. The summed E-state index contributed by atoms with van der Waals surface area (Å²) in [4.78, 5) is 12.5. The first kappa shape index (κ1) is 14.8. The van der Waals surface area contributed by atoms with Gasteiger partial charge in [0.2, 0.25) is 0 Å². The van der Waals surface area contributed by atoms with Gasteiger partial charge in [0.15, 0.2) is 0 Å². The van der Waals surface area contributed by atoms with Gasteiger partial charge in [-0.3, -0.25) is 4.57 Å². The normalized spacial score (nSPS) is 14.4. The van der Waals surface area contributed by atoms with E-state index >= 15 is 0 Å². The molecule has 0 unspecified atom stereocenters. The summed E-state index contributed by atoms with van der Waals surface area (Å²) in [6.07, 6.45) is 5.63. The number of halogens is 1. The first-order valence-electron chi connectivity index (χ1n) is 8.05. The first-order valence-corrected chi connectivity index (χ1v) is 8.05. The lowest BCUT2D eigenvalue weighted by Gasteiger charge is -2.00. The van der Waals surface area contributed by atoms with Crippen molar-refractivity contribution >= 4 is 0 Å². The van der Waals surface area contributed by atoms with Crippen LogP contribution in [0.1, 0.15) is 30.8 Å². The van der Waals surface area contributed by atoms with Crippen LogP contribution in [0.2, 0.25) is 0 Å². The molecule has 8 heteroatoms. The van der Waals surface area contributed by atoms with Crippen molar-refractivity contribution in [3.05, 3.63) is 58.3 Å². The number of aromatic nitrogens is 6. The van der Waals surface area contributed by atoms with Crippen molar-refractivity contribution in [2.24, 2.45) is 0 Å². The zero-order valence-corrected chi connectivity index (χ0v) is 13.1. The lowest BCUT2D eigenvalue weighted by molar-refractivity contribution is 0.580. The van der Waals surface area contributed by atoms with E-state index in [1.807, 2.05) is 0 Å². The van der Waals surface area contributed by atoms with Gasteiger partial charge in [-0.15, -0.1) is 5.10 Å². The average Bonchev–Trinajstić information content (AvgIpc) is 3.06. The van der Waals surface area contributed by atoms with Crippen molar-refractivity contribution < 1.29 is 4.39 Å². The summed E-state index contributed by atoms with van der Waals surface area (Å²) in [5.74, 6) is 0.457. The fraction of sp³-hybridized carbons (Fsp3) is 0.375. The molecule has 3 aromatic rings. The zero-order valence-electron chi connectivity index (χ0n) is 13.1. The largest absolute Gasteiger partial charge is 0.346 e. The molecule has 0 atom stereocenters. The highest BCUT2D eigenvalue weighted by Crippen LogP contribution is 2.13. The number of para-hydroxylation sites is 1. The van der Waals surface area contributed by atoms with Crippen molar-refractivity contribution in [2.45, 2.75) is 38.8 Å². The highest BCUT2D eigenvalue weighted by atomic mass is 19.1. The smallest absolute Gasteiger partial charge is 0.279 e. The van der Waals surface area contributed by atoms with Crippen LogP contribution in [0.4, 0.5) is 4.39 Å². The molecule has 0 fully saturated rings. The molecule has 1 aliphatic rings. The van der Waals surface area contributed by atoms with Gasteiger partial charge >= 0.3 is 5.69 Å². The van der Waals surface area contributed by atoms with Gasteiger partial charge in [0.05, 0.1) is 12.7 Å². The Labute approximate surface area is 137 Å². The maximum Gasteiger partial charge on any atom is 0.346 e. The molecule has 0 bridgehead atoms. The predicted molar refractivity (Wildman–Crippen MR) is 84.5 cm³/mol. The SMILES string of the molecule is O=c1n(Cc2cn(-c3ccccc3F)nn2)nc2n1CCCCC2. The summed E-state index contributed by atoms with van der Waals surface area (Å²) in [5, 5.41) is 12.4. The topological polar surface area (TPSA) is 70.5 Å². The molecule has 0 aliphatic carbocycles. The molecule has 0 saturated carbocycles. The minimum atomic E-state index is -0.375. The maximum absolute atomic E-state index is 13.8. The van der Waals surface area contributed by atoms with Gasteiger partial charge in [-0.05, 0) is 25.0 Å². The summed E-state index contributed by atoms with van der Waals surface area (Å²) < 4.78 is 18.3. The van der Waals surface area contributed by atoms with Crippen LogP contribution < -0.4 is 5.69 Å². The third kappa shape index (κ3) is 2.64. The molecule has 24 heavy (non-hydrogen) atoms. The first-order chi connectivity index (χ1) is 11.7. The molecule has 0 amide bonds. The second-order valence-corrected chi connectivity index (χ2v) is 5.92. The zero-order chi connectivity index (χ0) is 16.5. The van der Waals surface area contributed by atoms with E-state index in [1.54, 1.807) is 29.0 Å². The number of fused-ring (bicyclic) bond motifs is 1. The Kier molecular flexibility index (Phi) is 3.72.